The van der Waals surface area contributed by atoms with Gasteiger partial charge in [-0.05, 0) is 12.1 Å². The smallest absolute Gasteiger partial charge is 0.124 e. The molecule has 0 bridgehead atoms. The lowest BCUT2D eigenvalue weighted by Crippen LogP contribution is -2.30. The van der Waals surface area contributed by atoms with E-state index in [0.717, 1.165) is 25.2 Å². The second-order valence-electron chi connectivity index (χ2n) is 3.82. The minimum absolute atomic E-state index is 0.171. The number of aliphatic hydroxyl groups is 1. The van der Waals surface area contributed by atoms with Crippen LogP contribution in [0, 0.1) is 0 Å². The average molecular weight is 251 g/mol. The number of para-hydroxylation sites is 1. The molecule has 0 aliphatic rings. The molecule has 0 saturated heterocycles. The number of hydrogen-bond donors (Lipinski definition) is 4. The van der Waals surface area contributed by atoms with Gasteiger partial charge in [0.2, 0.25) is 0 Å². The van der Waals surface area contributed by atoms with E-state index in [0.29, 0.717) is 13.1 Å². The molecular formula is C13H21N3O2. The summed E-state index contributed by atoms with van der Waals surface area (Å²) in [7, 11) is 0. The summed E-state index contributed by atoms with van der Waals surface area (Å²) >= 11 is 0. The molecule has 0 heterocycles. The molecule has 5 heteroatoms. The molecule has 5 nitrogen and oxygen atoms in total. The van der Waals surface area contributed by atoms with Crippen molar-refractivity contribution in [2.45, 2.75) is 0 Å². The van der Waals surface area contributed by atoms with Crippen molar-refractivity contribution in [3.05, 3.63) is 29.8 Å². The van der Waals surface area contributed by atoms with Gasteiger partial charge >= 0.3 is 0 Å². The number of aliphatic hydroxyl groups excluding tert-OH is 1. The first-order valence-corrected chi connectivity index (χ1v) is 6.14. The Kier molecular flexibility index (Phi) is 7.79. The monoisotopic (exact) mass is 251 g/mol. The third-order valence-electron chi connectivity index (χ3n) is 2.35. The first-order valence-electron chi connectivity index (χ1n) is 6.14. The van der Waals surface area contributed by atoms with Crippen molar-refractivity contribution in [1.82, 2.24) is 10.6 Å². The minimum Gasteiger partial charge on any atom is -0.507 e. The van der Waals surface area contributed by atoms with Crippen molar-refractivity contribution >= 4 is 6.21 Å². The predicted molar refractivity (Wildman–Crippen MR) is 73.4 cm³/mol. The lowest BCUT2D eigenvalue weighted by molar-refractivity contribution is 0.292. The fraction of sp³-hybridized carbons (Fsp3) is 0.462. The molecule has 18 heavy (non-hydrogen) atoms. The molecule has 0 amide bonds. The van der Waals surface area contributed by atoms with Crippen LogP contribution in [0.4, 0.5) is 0 Å². The highest BCUT2D eigenvalue weighted by Gasteiger charge is 1.93. The van der Waals surface area contributed by atoms with Crippen molar-refractivity contribution in [1.29, 1.82) is 0 Å². The van der Waals surface area contributed by atoms with Crippen molar-refractivity contribution in [3.8, 4) is 5.75 Å². The third-order valence-corrected chi connectivity index (χ3v) is 2.35. The fourth-order valence-electron chi connectivity index (χ4n) is 1.41. The maximum Gasteiger partial charge on any atom is 0.124 e. The van der Waals surface area contributed by atoms with Gasteiger partial charge in [0.05, 0.1) is 13.2 Å². The van der Waals surface area contributed by atoms with Crippen LogP contribution >= 0.6 is 0 Å². The Morgan fingerprint density at radius 2 is 1.78 bits per heavy atom. The molecule has 0 aromatic heterocycles. The van der Waals surface area contributed by atoms with Gasteiger partial charge in [0.15, 0.2) is 0 Å². The van der Waals surface area contributed by atoms with Crippen molar-refractivity contribution in [3.63, 3.8) is 0 Å². The van der Waals surface area contributed by atoms with E-state index < -0.39 is 0 Å². The van der Waals surface area contributed by atoms with Crippen LogP contribution in [0.2, 0.25) is 0 Å². The second kappa shape index (κ2) is 9.58. The van der Waals surface area contributed by atoms with Crippen LogP contribution in [0.5, 0.6) is 5.75 Å². The Morgan fingerprint density at radius 3 is 2.50 bits per heavy atom. The summed E-state index contributed by atoms with van der Waals surface area (Å²) < 4.78 is 0. The van der Waals surface area contributed by atoms with Gasteiger partial charge in [0.1, 0.15) is 5.75 Å². The number of hydrogen-bond acceptors (Lipinski definition) is 5. The number of benzene rings is 1. The Hall–Kier alpha value is -1.43. The van der Waals surface area contributed by atoms with Crippen molar-refractivity contribution in [2.75, 3.05) is 39.3 Å². The zero-order valence-electron chi connectivity index (χ0n) is 10.5. The van der Waals surface area contributed by atoms with Gasteiger partial charge in [0, 0.05) is 38.0 Å². The van der Waals surface area contributed by atoms with Crippen molar-refractivity contribution < 1.29 is 10.2 Å². The molecule has 0 saturated carbocycles. The summed E-state index contributed by atoms with van der Waals surface area (Å²) in [4.78, 5) is 4.23. The summed E-state index contributed by atoms with van der Waals surface area (Å²) in [6.07, 6.45) is 1.68. The van der Waals surface area contributed by atoms with E-state index in [1.165, 1.54) is 0 Å². The molecule has 100 valence electrons. The lowest BCUT2D eigenvalue weighted by Gasteiger charge is -2.03. The van der Waals surface area contributed by atoms with E-state index in [9.17, 15) is 5.11 Å². The van der Waals surface area contributed by atoms with E-state index >= 15 is 0 Å². The van der Waals surface area contributed by atoms with Crippen LogP contribution in [0.3, 0.4) is 0 Å². The number of nitrogens with zero attached hydrogens (tertiary/aromatic N) is 1. The molecule has 4 N–H and O–H groups in total. The van der Waals surface area contributed by atoms with Gasteiger partial charge in [-0.2, -0.15) is 0 Å². The van der Waals surface area contributed by atoms with Gasteiger partial charge in [-0.25, -0.2) is 0 Å². The Morgan fingerprint density at radius 1 is 1.06 bits per heavy atom. The van der Waals surface area contributed by atoms with E-state index in [2.05, 4.69) is 15.6 Å². The van der Waals surface area contributed by atoms with Crippen LogP contribution < -0.4 is 10.6 Å². The molecule has 0 fully saturated rings. The van der Waals surface area contributed by atoms with E-state index in [1.54, 1.807) is 18.3 Å². The molecule has 1 rings (SSSR count). The standard InChI is InChI=1S/C13H21N3O2/c17-10-9-15-6-5-14-7-8-16-11-12-3-1-2-4-13(12)18/h1-4,11,14-15,17-18H,5-10H2. The lowest BCUT2D eigenvalue weighted by atomic mass is 10.2. The van der Waals surface area contributed by atoms with Crippen LogP contribution in [0.25, 0.3) is 0 Å². The second-order valence-corrected chi connectivity index (χ2v) is 3.82. The molecular weight excluding hydrogens is 230 g/mol. The first kappa shape index (κ1) is 14.6. The van der Waals surface area contributed by atoms with E-state index in [-0.39, 0.29) is 12.4 Å². The summed E-state index contributed by atoms with van der Waals surface area (Å²) in [5.74, 6) is 0.252. The maximum absolute atomic E-state index is 9.50. The van der Waals surface area contributed by atoms with Gasteiger partial charge in [-0.15, -0.1) is 0 Å². The largest absolute Gasteiger partial charge is 0.507 e. The summed E-state index contributed by atoms with van der Waals surface area (Å²) in [5, 5.41) is 24.3. The highest BCUT2D eigenvalue weighted by Crippen LogP contribution is 2.12. The number of phenols is 1. The highest BCUT2D eigenvalue weighted by molar-refractivity contribution is 5.83. The number of nitrogens with one attached hydrogen (secondary N) is 2. The summed E-state index contributed by atoms with van der Waals surface area (Å²) in [6.45, 7) is 3.97. The number of aromatic hydroxyl groups is 1. The molecule has 0 aliphatic heterocycles. The summed E-state index contributed by atoms with van der Waals surface area (Å²) in [6, 6.07) is 7.12. The molecule has 1 aromatic rings. The summed E-state index contributed by atoms with van der Waals surface area (Å²) in [5.41, 5.74) is 0.738. The van der Waals surface area contributed by atoms with Crippen LogP contribution in [0.1, 0.15) is 5.56 Å². The third kappa shape index (κ3) is 6.34. The van der Waals surface area contributed by atoms with Crippen LogP contribution in [0.15, 0.2) is 29.3 Å². The number of rotatable bonds is 9. The Labute approximate surface area is 108 Å². The molecule has 0 radical (unpaired) electrons. The number of phenolic OH excluding ortho intramolecular Hbond substituents is 1. The van der Waals surface area contributed by atoms with Gasteiger partial charge < -0.3 is 20.8 Å². The quantitative estimate of drug-likeness (QED) is 0.367. The molecule has 0 atom stereocenters. The zero-order valence-corrected chi connectivity index (χ0v) is 10.5. The van der Waals surface area contributed by atoms with E-state index in [1.807, 2.05) is 12.1 Å². The SMILES string of the molecule is OCCNCCNCCN=Cc1ccccc1O. The fourth-order valence-corrected chi connectivity index (χ4v) is 1.41. The van der Waals surface area contributed by atoms with Gasteiger partial charge in [-0.1, -0.05) is 12.1 Å². The normalized spacial score (nSPS) is 11.2. The van der Waals surface area contributed by atoms with E-state index in [4.69, 9.17) is 5.11 Å². The average Bonchev–Trinajstić information content (AvgIpc) is 2.39. The minimum atomic E-state index is 0.171. The number of aliphatic imine (C=N–C) groups is 1. The first-order chi connectivity index (χ1) is 8.84. The zero-order chi connectivity index (χ0) is 13.1. The molecule has 0 unspecified atom stereocenters. The predicted octanol–water partition coefficient (Wildman–Crippen LogP) is -0.0174. The molecule has 1 aromatic carbocycles. The topological polar surface area (TPSA) is 76.9 Å². The van der Waals surface area contributed by atoms with Crippen molar-refractivity contribution in [2.24, 2.45) is 4.99 Å². The molecule has 0 aliphatic carbocycles. The highest BCUT2D eigenvalue weighted by atomic mass is 16.3. The van der Waals surface area contributed by atoms with Gasteiger partial charge in [-0.3, -0.25) is 4.99 Å². The molecule has 0 spiro atoms. The van der Waals surface area contributed by atoms with Crippen LogP contribution in [-0.4, -0.2) is 55.8 Å². The maximum atomic E-state index is 9.50. The Balaban J connectivity index is 2.06. The van der Waals surface area contributed by atoms with Crippen LogP contribution in [-0.2, 0) is 0 Å². The van der Waals surface area contributed by atoms with Gasteiger partial charge in [0.25, 0.3) is 0 Å². The Bertz CT molecular complexity index is 356.